The molecule has 21 heavy (non-hydrogen) atoms. The first-order valence-electron chi connectivity index (χ1n) is 6.30. The summed E-state index contributed by atoms with van der Waals surface area (Å²) >= 11 is 0. The fourth-order valence-corrected chi connectivity index (χ4v) is 1.63. The highest BCUT2D eigenvalue weighted by molar-refractivity contribution is 5.80. The Morgan fingerprint density at radius 3 is 2.57 bits per heavy atom. The quantitative estimate of drug-likeness (QED) is 0.622. The van der Waals surface area contributed by atoms with Gasteiger partial charge < -0.3 is 10.6 Å². The number of hydrogen-bond acceptors (Lipinski definition) is 5. The molecule has 1 heterocycles. The topological polar surface area (TPSA) is 97.2 Å². The van der Waals surface area contributed by atoms with Crippen molar-refractivity contribution >= 4 is 17.4 Å². The zero-order valence-electron chi connectivity index (χ0n) is 11.2. The van der Waals surface area contributed by atoms with Gasteiger partial charge in [-0.1, -0.05) is 30.3 Å². The van der Waals surface area contributed by atoms with Gasteiger partial charge in [-0.3, -0.25) is 14.9 Å². The van der Waals surface area contributed by atoms with Crippen molar-refractivity contribution in [3.63, 3.8) is 0 Å². The van der Waals surface area contributed by atoms with Crippen LogP contribution in [0.1, 0.15) is 5.56 Å². The molecule has 2 aromatic rings. The highest BCUT2D eigenvalue weighted by Gasteiger charge is 2.06. The van der Waals surface area contributed by atoms with Gasteiger partial charge in [-0.05, 0) is 11.6 Å². The van der Waals surface area contributed by atoms with Gasteiger partial charge in [0.2, 0.25) is 5.91 Å². The number of benzene rings is 1. The van der Waals surface area contributed by atoms with E-state index in [0.29, 0.717) is 12.4 Å². The molecule has 0 fully saturated rings. The van der Waals surface area contributed by atoms with Crippen LogP contribution in [0.4, 0.5) is 11.5 Å². The molecular formula is C14H14N4O3. The Kier molecular flexibility index (Phi) is 4.81. The lowest BCUT2D eigenvalue weighted by atomic mass is 10.2. The number of nitro groups is 1. The molecule has 108 valence electrons. The number of anilines is 1. The van der Waals surface area contributed by atoms with Gasteiger partial charge in [0.15, 0.2) is 0 Å². The molecule has 0 aliphatic heterocycles. The van der Waals surface area contributed by atoms with Crippen molar-refractivity contribution in [2.45, 2.75) is 6.54 Å². The van der Waals surface area contributed by atoms with Crippen LogP contribution in [-0.4, -0.2) is 22.4 Å². The minimum Gasteiger partial charge on any atom is -0.361 e. The van der Waals surface area contributed by atoms with E-state index in [0.717, 1.165) is 11.8 Å². The Morgan fingerprint density at radius 1 is 1.19 bits per heavy atom. The second-order valence-corrected chi connectivity index (χ2v) is 4.27. The van der Waals surface area contributed by atoms with Gasteiger partial charge in [-0.15, -0.1) is 0 Å². The average Bonchev–Trinajstić information content (AvgIpc) is 2.52. The molecular weight excluding hydrogens is 272 g/mol. The maximum Gasteiger partial charge on any atom is 0.287 e. The highest BCUT2D eigenvalue weighted by Crippen LogP contribution is 2.11. The summed E-state index contributed by atoms with van der Waals surface area (Å²) in [6.45, 7) is 0.507. The molecule has 0 aliphatic rings. The summed E-state index contributed by atoms with van der Waals surface area (Å²) in [5.74, 6) is 0.231. The van der Waals surface area contributed by atoms with Crippen LogP contribution < -0.4 is 10.6 Å². The minimum absolute atomic E-state index is 0.0532. The standard InChI is InChI=1S/C14H14N4O3/c19-14(17-8-11-4-2-1-3-5-11)10-16-13-7-6-12(9-15-13)18(20)21/h1-7,9H,8,10H2,(H,15,16)(H,17,19). The Hall–Kier alpha value is -2.96. The second-order valence-electron chi connectivity index (χ2n) is 4.27. The lowest BCUT2D eigenvalue weighted by molar-refractivity contribution is -0.385. The third-order valence-corrected chi connectivity index (χ3v) is 2.72. The van der Waals surface area contributed by atoms with Crippen molar-refractivity contribution in [1.82, 2.24) is 10.3 Å². The fourth-order valence-electron chi connectivity index (χ4n) is 1.63. The van der Waals surface area contributed by atoms with Gasteiger partial charge in [0.05, 0.1) is 11.5 Å². The summed E-state index contributed by atoms with van der Waals surface area (Å²) in [7, 11) is 0. The number of hydrogen-bond donors (Lipinski definition) is 2. The van der Waals surface area contributed by atoms with E-state index in [1.54, 1.807) is 0 Å². The van der Waals surface area contributed by atoms with Crippen LogP contribution in [0.25, 0.3) is 0 Å². The van der Waals surface area contributed by atoms with Crippen LogP contribution in [0.5, 0.6) is 0 Å². The van der Waals surface area contributed by atoms with E-state index >= 15 is 0 Å². The molecule has 1 amide bonds. The fraction of sp³-hybridized carbons (Fsp3) is 0.143. The van der Waals surface area contributed by atoms with Crippen molar-refractivity contribution in [1.29, 1.82) is 0 Å². The molecule has 0 bridgehead atoms. The molecule has 0 saturated carbocycles. The summed E-state index contributed by atoms with van der Waals surface area (Å²) in [6.07, 6.45) is 1.14. The van der Waals surface area contributed by atoms with E-state index in [9.17, 15) is 14.9 Å². The summed E-state index contributed by atoms with van der Waals surface area (Å²) in [5.41, 5.74) is 0.924. The van der Waals surface area contributed by atoms with Crippen LogP contribution in [0.15, 0.2) is 48.7 Å². The van der Waals surface area contributed by atoms with Crippen LogP contribution >= 0.6 is 0 Å². The molecule has 2 N–H and O–H groups in total. The van der Waals surface area contributed by atoms with Gasteiger partial charge >= 0.3 is 0 Å². The molecule has 0 radical (unpaired) electrons. The van der Waals surface area contributed by atoms with Crippen molar-refractivity contribution in [3.8, 4) is 0 Å². The van der Waals surface area contributed by atoms with Crippen molar-refractivity contribution in [2.75, 3.05) is 11.9 Å². The first kappa shape index (κ1) is 14.4. The first-order chi connectivity index (χ1) is 10.1. The van der Waals surface area contributed by atoms with E-state index in [1.165, 1.54) is 12.1 Å². The van der Waals surface area contributed by atoms with Gasteiger partial charge in [0, 0.05) is 12.6 Å². The smallest absolute Gasteiger partial charge is 0.287 e. The number of aromatic nitrogens is 1. The van der Waals surface area contributed by atoms with Gasteiger partial charge in [0.1, 0.15) is 12.0 Å². The summed E-state index contributed by atoms with van der Waals surface area (Å²) in [5, 5.41) is 16.0. The predicted octanol–water partition coefficient (Wildman–Crippen LogP) is 1.72. The van der Waals surface area contributed by atoms with E-state index in [-0.39, 0.29) is 18.1 Å². The van der Waals surface area contributed by atoms with Gasteiger partial charge in [-0.25, -0.2) is 4.98 Å². The SMILES string of the molecule is O=C(CNc1ccc([N+](=O)[O-])cn1)NCc1ccccc1. The largest absolute Gasteiger partial charge is 0.361 e. The number of pyridine rings is 1. The monoisotopic (exact) mass is 286 g/mol. The normalized spacial score (nSPS) is 9.90. The Balaban J connectivity index is 1.77. The van der Waals surface area contributed by atoms with Crippen LogP contribution in [0, 0.1) is 10.1 Å². The lowest BCUT2D eigenvalue weighted by Crippen LogP contribution is -2.29. The van der Waals surface area contributed by atoms with Crippen molar-refractivity contribution < 1.29 is 9.72 Å². The van der Waals surface area contributed by atoms with Gasteiger partial charge in [0.25, 0.3) is 5.69 Å². The number of carbonyl (C=O) groups excluding carboxylic acids is 1. The maximum atomic E-state index is 11.7. The number of nitrogens with one attached hydrogen (secondary N) is 2. The Morgan fingerprint density at radius 2 is 1.95 bits per heavy atom. The highest BCUT2D eigenvalue weighted by atomic mass is 16.6. The predicted molar refractivity (Wildman–Crippen MR) is 77.7 cm³/mol. The molecule has 2 rings (SSSR count). The molecule has 1 aromatic carbocycles. The van der Waals surface area contributed by atoms with Gasteiger partial charge in [-0.2, -0.15) is 0 Å². The zero-order valence-corrected chi connectivity index (χ0v) is 11.2. The number of nitrogens with zero attached hydrogens (tertiary/aromatic N) is 2. The number of amides is 1. The minimum atomic E-state index is -0.524. The molecule has 7 heteroatoms. The van der Waals surface area contributed by atoms with Crippen LogP contribution in [0.2, 0.25) is 0 Å². The molecule has 0 unspecified atom stereocenters. The maximum absolute atomic E-state index is 11.7. The van der Waals surface area contributed by atoms with Crippen molar-refractivity contribution in [3.05, 3.63) is 64.3 Å². The van der Waals surface area contributed by atoms with Crippen molar-refractivity contribution in [2.24, 2.45) is 0 Å². The van der Waals surface area contributed by atoms with E-state index in [1.807, 2.05) is 30.3 Å². The summed E-state index contributed by atoms with van der Waals surface area (Å²) in [4.78, 5) is 25.5. The summed E-state index contributed by atoms with van der Waals surface area (Å²) < 4.78 is 0. The number of carbonyl (C=O) groups is 1. The van der Waals surface area contributed by atoms with Crippen LogP contribution in [-0.2, 0) is 11.3 Å². The van der Waals surface area contributed by atoms with E-state index in [4.69, 9.17) is 0 Å². The third kappa shape index (κ3) is 4.57. The molecule has 0 atom stereocenters. The molecule has 0 aliphatic carbocycles. The average molecular weight is 286 g/mol. The van der Waals surface area contributed by atoms with E-state index < -0.39 is 4.92 Å². The zero-order chi connectivity index (χ0) is 15.1. The Bertz CT molecular complexity index is 614. The van der Waals surface area contributed by atoms with E-state index in [2.05, 4.69) is 15.6 Å². The third-order valence-electron chi connectivity index (χ3n) is 2.72. The Labute approximate surface area is 121 Å². The lowest BCUT2D eigenvalue weighted by Gasteiger charge is -2.07. The number of rotatable bonds is 6. The van der Waals surface area contributed by atoms with Crippen LogP contribution in [0.3, 0.4) is 0 Å². The first-order valence-corrected chi connectivity index (χ1v) is 6.30. The molecule has 0 saturated heterocycles. The molecule has 0 spiro atoms. The molecule has 1 aromatic heterocycles. The summed E-state index contributed by atoms with van der Waals surface area (Å²) in [6, 6.07) is 12.4. The molecule has 7 nitrogen and oxygen atoms in total. The second kappa shape index (κ2) is 6.99.